The van der Waals surface area contributed by atoms with Gasteiger partial charge in [0.15, 0.2) is 5.82 Å². The van der Waals surface area contributed by atoms with E-state index >= 15 is 0 Å². The molecule has 0 aromatic carbocycles. The van der Waals surface area contributed by atoms with Crippen LogP contribution in [0.1, 0.15) is 15.5 Å². The van der Waals surface area contributed by atoms with Gasteiger partial charge in [0, 0.05) is 18.0 Å². The molecule has 0 saturated heterocycles. The molecule has 0 bridgehead atoms. The van der Waals surface area contributed by atoms with Crippen LogP contribution >= 0.6 is 11.3 Å². The highest BCUT2D eigenvalue weighted by Crippen LogP contribution is 2.07. The number of hydrogen-bond donors (Lipinski definition) is 1. The molecule has 3 aromatic heterocycles. The number of amides is 1. The van der Waals surface area contributed by atoms with E-state index in [-0.39, 0.29) is 24.6 Å². The standard InChI is InChI=1S/C13H13N7O2S/c1-9-17-10(6-23-9)13(22)15-4-5-19-12(21)3-2-11(18-19)20-8-14-7-16-20/h2-3,6-8H,4-5H2,1H3,(H,15,22). The maximum absolute atomic E-state index is 11.9. The van der Waals surface area contributed by atoms with Crippen LogP contribution in [-0.4, -0.2) is 42.0 Å². The third kappa shape index (κ3) is 3.48. The van der Waals surface area contributed by atoms with Gasteiger partial charge >= 0.3 is 0 Å². The Hall–Kier alpha value is -2.88. The van der Waals surface area contributed by atoms with Crippen molar-refractivity contribution < 1.29 is 4.79 Å². The molecule has 0 aliphatic heterocycles. The molecule has 0 saturated carbocycles. The third-order valence-corrected chi connectivity index (χ3v) is 3.74. The number of rotatable bonds is 5. The van der Waals surface area contributed by atoms with Gasteiger partial charge in [-0.2, -0.15) is 5.10 Å². The van der Waals surface area contributed by atoms with E-state index < -0.39 is 0 Å². The summed E-state index contributed by atoms with van der Waals surface area (Å²) in [4.78, 5) is 31.7. The Morgan fingerprint density at radius 1 is 1.39 bits per heavy atom. The number of nitrogens with zero attached hydrogens (tertiary/aromatic N) is 6. The van der Waals surface area contributed by atoms with Crippen LogP contribution in [0, 0.1) is 6.92 Å². The SMILES string of the molecule is Cc1nc(C(=O)NCCn2nc(-n3cncn3)ccc2=O)cs1. The third-order valence-electron chi connectivity index (χ3n) is 2.97. The van der Waals surface area contributed by atoms with Gasteiger partial charge < -0.3 is 5.32 Å². The van der Waals surface area contributed by atoms with Gasteiger partial charge in [-0.25, -0.2) is 19.3 Å². The van der Waals surface area contributed by atoms with Crippen molar-refractivity contribution in [2.24, 2.45) is 0 Å². The molecule has 0 spiro atoms. The van der Waals surface area contributed by atoms with Gasteiger partial charge in [0.25, 0.3) is 11.5 Å². The molecule has 3 heterocycles. The molecule has 0 aliphatic carbocycles. The molecule has 23 heavy (non-hydrogen) atoms. The summed E-state index contributed by atoms with van der Waals surface area (Å²) in [7, 11) is 0. The molecule has 1 amide bonds. The van der Waals surface area contributed by atoms with Crippen molar-refractivity contribution in [3.05, 3.63) is 51.2 Å². The molecule has 3 aromatic rings. The minimum atomic E-state index is -0.269. The number of nitrogens with one attached hydrogen (secondary N) is 1. The maximum atomic E-state index is 11.9. The Labute approximate surface area is 134 Å². The van der Waals surface area contributed by atoms with Crippen molar-refractivity contribution in [3.63, 3.8) is 0 Å². The second kappa shape index (κ2) is 6.48. The number of carbonyl (C=O) groups is 1. The summed E-state index contributed by atoms with van der Waals surface area (Å²) >= 11 is 1.41. The fourth-order valence-corrected chi connectivity index (χ4v) is 2.47. The van der Waals surface area contributed by atoms with E-state index in [2.05, 4.69) is 25.5 Å². The first kappa shape index (κ1) is 15.0. The van der Waals surface area contributed by atoms with Crippen LogP contribution in [0.5, 0.6) is 0 Å². The van der Waals surface area contributed by atoms with Crippen molar-refractivity contribution in [2.75, 3.05) is 6.54 Å². The first-order chi connectivity index (χ1) is 11.1. The average molecular weight is 331 g/mol. The topological polar surface area (TPSA) is 108 Å². The summed E-state index contributed by atoms with van der Waals surface area (Å²) in [6.45, 7) is 2.35. The summed E-state index contributed by atoms with van der Waals surface area (Å²) < 4.78 is 2.72. The predicted molar refractivity (Wildman–Crippen MR) is 82.6 cm³/mol. The van der Waals surface area contributed by atoms with Gasteiger partial charge in [-0.3, -0.25) is 9.59 Å². The van der Waals surface area contributed by atoms with Crippen LogP contribution in [0.25, 0.3) is 5.82 Å². The van der Waals surface area contributed by atoms with Crippen molar-refractivity contribution >= 4 is 17.2 Å². The summed E-state index contributed by atoms with van der Waals surface area (Å²) in [5, 5.41) is 13.4. The van der Waals surface area contributed by atoms with E-state index in [1.165, 1.54) is 39.4 Å². The number of carbonyl (C=O) groups excluding carboxylic acids is 1. The predicted octanol–water partition coefficient (Wildman–Crippen LogP) is 0.0189. The zero-order valence-electron chi connectivity index (χ0n) is 12.2. The Morgan fingerprint density at radius 2 is 2.26 bits per heavy atom. The molecular formula is C13H13N7O2S. The molecule has 10 heteroatoms. The largest absolute Gasteiger partial charge is 0.349 e. The van der Waals surface area contributed by atoms with Crippen LogP contribution in [0.4, 0.5) is 0 Å². The second-order valence-electron chi connectivity index (χ2n) is 4.60. The highest BCUT2D eigenvalue weighted by atomic mass is 32.1. The van der Waals surface area contributed by atoms with Crippen LogP contribution in [0.3, 0.4) is 0 Å². The number of aryl methyl sites for hydroxylation is 1. The fraction of sp³-hybridized carbons (Fsp3) is 0.231. The molecule has 0 radical (unpaired) electrons. The highest BCUT2D eigenvalue weighted by Gasteiger charge is 2.09. The van der Waals surface area contributed by atoms with Gasteiger partial charge in [-0.05, 0) is 13.0 Å². The lowest BCUT2D eigenvalue weighted by molar-refractivity contribution is 0.0947. The number of thiazole rings is 1. The number of hydrogen-bond acceptors (Lipinski definition) is 7. The van der Waals surface area contributed by atoms with Gasteiger partial charge in [0.1, 0.15) is 18.3 Å². The molecule has 1 N–H and O–H groups in total. The molecule has 9 nitrogen and oxygen atoms in total. The fourth-order valence-electron chi connectivity index (χ4n) is 1.88. The van der Waals surface area contributed by atoms with Gasteiger partial charge in [-0.1, -0.05) is 0 Å². The second-order valence-corrected chi connectivity index (χ2v) is 5.66. The first-order valence-electron chi connectivity index (χ1n) is 6.77. The molecule has 0 fully saturated rings. The summed E-state index contributed by atoms with van der Waals surface area (Å²) in [6.07, 6.45) is 2.87. The Bertz CT molecular complexity index is 869. The Balaban J connectivity index is 1.65. The molecule has 0 atom stereocenters. The Kier molecular flexibility index (Phi) is 4.24. The van der Waals surface area contributed by atoms with E-state index in [1.54, 1.807) is 11.4 Å². The van der Waals surface area contributed by atoms with Crippen LogP contribution in [0.15, 0.2) is 35.0 Å². The van der Waals surface area contributed by atoms with Crippen LogP contribution in [0.2, 0.25) is 0 Å². The van der Waals surface area contributed by atoms with E-state index in [4.69, 9.17) is 0 Å². The lowest BCUT2D eigenvalue weighted by atomic mass is 10.4. The summed E-state index contributed by atoms with van der Waals surface area (Å²) in [6, 6.07) is 2.96. The molecule has 118 valence electrons. The van der Waals surface area contributed by atoms with E-state index in [0.717, 1.165) is 5.01 Å². The molecule has 3 rings (SSSR count). The zero-order valence-corrected chi connectivity index (χ0v) is 13.0. The van der Waals surface area contributed by atoms with Crippen molar-refractivity contribution in [2.45, 2.75) is 13.5 Å². The minimum absolute atomic E-state index is 0.246. The van der Waals surface area contributed by atoms with Gasteiger partial charge in [-0.15, -0.1) is 16.4 Å². The monoisotopic (exact) mass is 331 g/mol. The maximum Gasteiger partial charge on any atom is 0.270 e. The summed E-state index contributed by atoms with van der Waals surface area (Å²) in [5.41, 5.74) is 0.122. The van der Waals surface area contributed by atoms with Crippen molar-refractivity contribution in [1.29, 1.82) is 0 Å². The van der Waals surface area contributed by atoms with Crippen molar-refractivity contribution in [1.82, 2.24) is 34.8 Å². The lowest BCUT2D eigenvalue weighted by Crippen LogP contribution is -2.32. The van der Waals surface area contributed by atoms with Crippen LogP contribution < -0.4 is 10.9 Å². The normalized spacial score (nSPS) is 10.7. The number of aromatic nitrogens is 6. The quantitative estimate of drug-likeness (QED) is 0.706. The van der Waals surface area contributed by atoms with Crippen molar-refractivity contribution in [3.8, 4) is 5.82 Å². The summed E-state index contributed by atoms with van der Waals surface area (Å²) in [5.74, 6) is 0.207. The Morgan fingerprint density at radius 3 is 2.96 bits per heavy atom. The van der Waals surface area contributed by atoms with Crippen LogP contribution in [-0.2, 0) is 6.54 Å². The first-order valence-corrected chi connectivity index (χ1v) is 7.65. The van der Waals surface area contributed by atoms with E-state index in [9.17, 15) is 9.59 Å². The smallest absolute Gasteiger partial charge is 0.270 e. The minimum Gasteiger partial charge on any atom is -0.349 e. The van der Waals surface area contributed by atoms with E-state index in [0.29, 0.717) is 11.5 Å². The highest BCUT2D eigenvalue weighted by molar-refractivity contribution is 7.09. The lowest BCUT2D eigenvalue weighted by Gasteiger charge is -2.07. The zero-order chi connectivity index (χ0) is 16.2. The van der Waals surface area contributed by atoms with E-state index in [1.807, 2.05) is 6.92 Å². The molecular weight excluding hydrogens is 318 g/mol. The molecule has 0 unspecified atom stereocenters. The van der Waals surface area contributed by atoms with Gasteiger partial charge in [0.2, 0.25) is 0 Å². The van der Waals surface area contributed by atoms with Gasteiger partial charge in [0.05, 0.1) is 11.6 Å². The average Bonchev–Trinajstić information content (AvgIpc) is 3.20. The molecule has 0 aliphatic rings.